The second-order valence-electron chi connectivity index (χ2n) is 5.13. The number of nitrogens with zero attached hydrogens (tertiary/aromatic N) is 1. The third-order valence-corrected chi connectivity index (χ3v) is 3.89. The van der Waals surface area contributed by atoms with E-state index in [1.165, 1.54) is 6.07 Å². The number of rotatable bonds is 5. The Morgan fingerprint density at radius 3 is 2.38 bits per heavy atom. The normalized spacial score (nSPS) is 10.7. The van der Waals surface area contributed by atoms with Gasteiger partial charge in [-0.15, -0.1) is 24.8 Å². The third-order valence-electron chi connectivity index (χ3n) is 3.34. The molecule has 11 heteroatoms. The van der Waals surface area contributed by atoms with Crippen molar-refractivity contribution >= 4 is 57.4 Å². The van der Waals surface area contributed by atoms with Crippen molar-refractivity contribution in [2.75, 3.05) is 5.32 Å². The monoisotopic (exact) mass is 417 g/mol. The first-order valence-electron chi connectivity index (χ1n) is 7.02. The average Bonchev–Trinajstić information content (AvgIpc) is 2.53. The molecule has 1 aromatic carbocycles. The third kappa shape index (κ3) is 5.68. The Balaban J connectivity index is 0.00000169. The van der Waals surface area contributed by atoms with Crippen molar-refractivity contribution in [1.29, 1.82) is 0 Å². The van der Waals surface area contributed by atoms with Crippen LogP contribution < -0.4 is 20.7 Å². The van der Waals surface area contributed by atoms with Gasteiger partial charge in [0.1, 0.15) is 5.65 Å². The zero-order valence-corrected chi connectivity index (χ0v) is 15.7. The summed E-state index contributed by atoms with van der Waals surface area (Å²) in [6.45, 7) is 0.124. The zero-order chi connectivity index (χ0) is 17.2. The summed E-state index contributed by atoms with van der Waals surface area (Å²) in [4.78, 5) is 18.2. The van der Waals surface area contributed by atoms with Gasteiger partial charge in [0, 0.05) is 29.9 Å². The van der Waals surface area contributed by atoms with Gasteiger partial charge in [0.25, 0.3) is 10.2 Å². The summed E-state index contributed by atoms with van der Waals surface area (Å²) < 4.78 is 24.0. The van der Waals surface area contributed by atoms with Gasteiger partial charge in [0.05, 0.1) is 5.69 Å². The van der Waals surface area contributed by atoms with Crippen LogP contribution in [0.1, 0.15) is 5.56 Å². The molecule has 0 aliphatic heterocycles. The number of nitrogens with two attached hydrogens (primary N) is 1. The molecule has 140 valence electrons. The van der Waals surface area contributed by atoms with Crippen molar-refractivity contribution in [3.05, 3.63) is 64.6 Å². The molecule has 0 saturated heterocycles. The number of halogens is 2. The molecule has 0 unspecified atom stereocenters. The summed E-state index contributed by atoms with van der Waals surface area (Å²) in [6, 6.07) is 12.1. The standard InChI is InChI=1S/C15H15N5O3S.2ClH/c16-24(22,23)18-9-10-1-3-11(4-2-10)19-13-7-8-17-15-12(13)5-6-14(21)20-15;;/h1-8,18H,9H2,(H2,16,22,23)(H2,17,19,20,21);2*1H. The second kappa shape index (κ2) is 8.97. The Bertz CT molecular complexity index is 1040. The Labute approximate surface area is 162 Å². The van der Waals surface area contributed by atoms with Gasteiger partial charge in [-0.2, -0.15) is 13.1 Å². The van der Waals surface area contributed by atoms with Crippen LogP contribution in [0.2, 0.25) is 0 Å². The lowest BCUT2D eigenvalue weighted by molar-refractivity contribution is 0.583. The molecule has 0 radical (unpaired) electrons. The molecule has 2 aromatic heterocycles. The zero-order valence-electron chi connectivity index (χ0n) is 13.3. The molecule has 2 heterocycles. The van der Waals surface area contributed by atoms with Crippen molar-refractivity contribution in [3.63, 3.8) is 0 Å². The molecule has 3 aromatic rings. The first kappa shape index (κ1) is 21.9. The number of fused-ring (bicyclic) bond motifs is 1. The molecule has 5 N–H and O–H groups in total. The Morgan fingerprint density at radius 2 is 1.73 bits per heavy atom. The number of benzene rings is 1. The number of aromatic amines is 1. The summed E-state index contributed by atoms with van der Waals surface area (Å²) in [5, 5.41) is 8.93. The molecular formula is C15H17Cl2N5O3S. The van der Waals surface area contributed by atoms with Gasteiger partial charge in [-0.3, -0.25) is 4.79 Å². The lowest BCUT2D eigenvalue weighted by Crippen LogP contribution is -2.30. The summed E-state index contributed by atoms with van der Waals surface area (Å²) in [7, 11) is -3.71. The maximum Gasteiger partial charge on any atom is 0.274 e. The van der Waals surface area contributed by atoms with E-state index in [4.69, 9.17) is 5.14 Å². The van der Waals surface area contributed by atoms with E-state index >= 15 is 0 Å². The van der Waals surface area contributed by atoms with Gasteiger partial charge in [0.2, 0.25) is 5.56 Å². The lowest BCUT2D eigenvalue weighted by atomic mass is 10.2. The molecule has 0 spiro atoms. The number of nitrogens with one attached hydrogen (secondary N) is 3. The van der Waals surface area contributed by atoms with E-state index in [-0.39, 0.29) is 36.9 Å². The summed E-state index contributed by atoms with van der Waals surface area (Å²) in [5.41, 5.74) is 2.68. The molecule has 0 bridgehead atoms. The van der Waals surface area contributed by atoms with E-state index < -0.39 is 10.2 Å². The van der Waals surface area contributed by atoms with Gasteiger partial charge in [-0.25, -0.2) is 10.1 Å². The van der Waals surface area contributed by atoms with E-state index in [9.17, 15) is 13.2 Å². The summed E-state index contributed by atoms with van der Waals surface area (Å²) in [5.74, 6) is 0. The first-order valence-corrected chi connectivity index (χ1v) is 8.57. The highest BCUT2D eigenvalue weighted by Gasteiger charge is 2.04. The second-order valence-corrected chi connectivity index (χ2v) is 6.51. The highest BCUT2D eigenvalue weighted by atomic mass is 35.5. The van der Waals surface area contributed by atoms with Crippen molar-refractivity contribution in [2.45, 2.75) is 6.54 Å². The van der Waals surface area contributed by atoms with Crippen molar-refractivity contribution in [3.8, 4) is 0 Å². The minimum absolute atomic E-state index is 0. The number of hydrogen-bond donors (Lipinski definition) is 4. The van der Waals surface area contributed by atoms with Crippen LogP contribution in [0.5, 0.6) is 0 Å². The van der Waals surface area contributed by atoms with Crippen molar-refractivity contribution < 1.29 is 8.42 Å². The Morgan fingerprint density at radius 1 is 1.04 bits per heavy atom. The van der Waals surface area contributed by atoms with Crippen molar-refractivity contribution in [2.24, 2.45) is 5.14 Å². The fourth-order valence-corrected chi connectivity index (χ4v) is 2.58. The molecule has 0 fully saturated rings. The highest BCUT2D eigenvalue weighted by Crippen LogP contribution is 2.23. The Hall–Kier alpha value is -2.17. The minimum atomic E-state index is -3.71. The van der Waals surface area contributed by atoms with Crippen LogP contribution in [-0.4, -0.2) is 18.4 Å². The summed E-state index contributed by atoms with van der Waals surface area (Å²) >= 11 is 0. The predicted molar refractivity (Wildman–Crippen MR) is 107 cm³/mol. The molecule has 0 saturated carbocycles. The maximum atomic E-state index is 11.3. The summed E-state index contributed by atoms with van der Waals surface area (Å²) in [6.07, 6.45) is 1.60. The van der Waals surface area contributed by atoms with Gasteiger partial charge >= 0.3 is 0 Å². The predicted octanol–water partition coefficient (Wildman–Crippen LogP) is 1.80. The van der Waals surface area contributed by atoms with Crippen LogP contribution in [0.15, 0.2) is 53.5 Å². The molecule has 0 atom stereocenters. The Kier molecular flexibility index (Phi) is 7.54. The van der Waals surface area contributed by atoms with Gasteiger partial charge in [-0.1, -0.05) is 12.1 Å². The van der Waals surface area contributed by atoms with Crippen LogP contribution in [-0.2, 0) is 16.8 Å². The average molecular weight is 418 g/mol. The van der Waals surface area contributed by atoms with Gasteiger partial charge in [-0.05, 0) is 29.8 Å². The topological polar surface area (TPSA) is 130 Å². The minimum Gasteiger partial charge on any atom is -0.355 e. The first-order chi connectivity index (χ1) is 11.4. The molecule has 0 aliphatic carbocycles. The number of pyridine rings is 2. The van der Waals surface area contributed by atoms with Gasteiger partial charge < -0.3 is 10.3 Å². The highest BCUT2D eigenvalue weighted by molar-refractivity contribution is 7.87. The van der Waals surface area contributed by atoms with Crippen LogP contribution in [0.25, 0.3) is 11.0 Å². The van der Waals surface area contributed by atoms with E-state index in [0.29, 0.717) is 5.65 Å². The molecule has 8 nitrogen and oxygen atoms in total. The fourth-order valence-electron chi connectivity index (χ4n) is 2.21. The van der Waals surface area contributed by atoms with Crippen LogP contribution in [0.3, 0.4) is 0 Å². The van der Waals surface area contributed by atoms with E-state index in [1.807, 2.05) is 12.1 Å². The number of aromatic nitrogens is 2. The fraction of sp³-hybridized carbons (Fsp3) is 0.0667. The molecule has 0 amide bonds. The smallest absolute Gasteiger partial charge is 0.274 e. The molecular weight excluding hydrogens is 401 g/mol. The van der Waals surface area contributed by atoms with Crippen LogP contribution in [0, 0.1) is 0 Å². The van der Waals surface area contributed by atoms with Gasteiger partial charge in [0.15, 0.2) is 0 Å². The maximum absolute atomic E-state index is 11.3. The van der Waals surface area contributed by atoms with E-state index in [1.54, 1.807) is 30.5 Å². The largest absolute Gasteiger partial charge is 0.355 e. The molecule has 0 aliphatic rings. The molecule has 26 heavy (non-hydrogen) atoms. The van der Waals surface area contributed by atoms with Crippen LogP contribution in [0.4, 0.5) is 11.4 Å². The van der Waals surface area contributed by atoms with Crippen LogP contribution >= 0.6 is 24.8 Å². The van der Waals surface area contributed by atoms with E-state index in [2.05, 4.69) is 20.0 Å². The molecule has 3 rings (SSSR count). The number of hydrogen-bond acceptors (Lipinski definition) is 5. The SMILES string of the molecule is Cl.Cl.NS(=O)(=O)NCc1ccc(Nc2ccnc3[nH]c(=O)ccc23)cc1. The van der Waals surface area contributed by atoms with Crippen molar-refractivity contribution in [1.82, 2.24) is 14.7 Å². The number of H-pyrrole nitrogens is 1. The number of anilines is 2. The van der Waals surface area contributed by atoms with E-state index in [0.717, 1.165) is 22.3 Å². The quantitative estimate of drug-likeness (QED) is 0.502. The lowest BCUT2D eigenvalue weighted by Gasteiger charge is -2.10.